The number of aryl methyl sites for hydroxylation is 1. The number of amides is 2. The fraction of sp³-hybridized carbons (Fsp3) is 0.211. The molecule has 0 aromatic heterocycles. The largest absolute Gasteiger partial charge is 0.456 e. The lowest BCUT2D eigenvalue weighted by Gasteiger charge is -2.23. The van der Waals surface area contributed by atoms with Crippen LogP contribution in [0.1, 0.15) is 12.0 Å². The number of carbonyl (C=O) groups excluding carboxylic acids is 3. The molecule has 0 bridgehead atoms. The number of fused-ring (bicyclic) bond motifs is 1. The van der Waals surface area contributed by atoms with Gasteiger partial charge in [0.15, 0.2) is 6.61 Å². The van der Waals surface area contributed by atoms with E-state index in [0.717, 1.165) is 10.5 Å². The average molecular weight is 388 g/mol. The van der Waals surface area contributed by atoms with E-state index in [0.29, 0.717) is 5.69 Å². The molecule has 0 saturated carbocycles. The van der Waals surface area contributed by atoms with Crippen LogP contribution in [0.15, 0.2) is 47.4 Å². The molecule has 0 unspecified atom stereocenters. The Morgan fingerprint density at radius 3 is 2.81 bits per heavy atom. The number of nitrogens with one attached hydrogen (secondary N) is 2. The van der Waals surface area contributed by atoms with Crippen molar-refractivity contribution < 1.29 is 23.5 Å². The van der Waals surface area contributed by atoms with Gasteiger partial charge in [0.2, 0.25) is 5.91 Å². The van der Waals surface area contributed by atoms with Gasteiger partial charge >= 0.3 is 5.97 Å². The van der Waals surface area contributed by atoms with E-state index in [9.17, 15) is 18.8 Å². The van der Waals surface area contributed by atoms with Crippen LogP contribution in [0.3, 0.4) is 0 Å². The van der Waals surface area contributed by atoms with E-state index in [1.807, 2.05) is 18.2 Å². The highest BCUT2D eigenvalue weighted by Gasteiger charge is 2.29. The summed E-state index contributed by atoms with van der Waals surface area (Å²) in [5.41, 5.74) is 1.44. The van der Waals surface area contributed by atoms with Crippen LogP contribution >= 0.6 is 11.8 Å². The van der Waals surface area contributed by atoms with Crippen LogP contribution in [0, 0.1) is 12.7 Å². The molecule has 6 nitrogen and oxygen atoms in total. The predicted octanol–water partition coefficient (Wildman–Crippen LogP) is 3.12. The van der Waals surface area contributed by atoms with E-state index in [-0.39, 0.29) is 18.0 Å². The summed E-state index contributed by atoms with van der Waals surface area (Å²) in [6, 6.07) is 11.7. The Kier molecular flexibility index (Phi) is 5.75. The van der Waals surface area contributed by atoms with Gasteiger partial charge in [-0.3, -0.25) is 14.4 Å². The van der Waals surface area contributed by atoms with Crippen molar-refractivity contribution in [1.29, 1.82) is 0 Å². The van der Waals surface area contributed by atoms with Gasteiger partial charge in [-0.1, -0.05) is 18.2 Å². The molecule has 140 valence electrons. The highest BCUT2D eigenvalue weighted by Crippen LogP contribution is 2.36. The van der Waals surface area contributed by atoms with Crippen LogP contribution in [0.5, 0.6) is 0 Å². The molecule has 1 aliphatic heterocycles. The quantitative estimate of drug-likeness (QED) is 0.769. The Bertz CT molecular complexity index is 903. The molecule has 0 spiro atoms. The van der Waals surface area contributed by atoms with Crippen molar-refractivity contribution in [3.63, 3.8) is 0 Å². The second kappa shape index (κ2) is 8.22. The van der Waals surface area contributed by atoms with E-state index in [4.69, 9.17) is 4.74 Å². The first-order chi connectivity index (χ1) is 12.9. The third-order valence-electron chi connectivity index (χ3n) is 3.82. The van der Waals surface area contributed by atoms with Crippen LogP contribution < -0.4 is 10.6 Å². The summed E-state index contributed by atoms with van der Waals surface area (Å²) in [6.45, 7) is 1.18. The number of ether oxygens (including phenoxy) is 1. The highest BCUT2D eigenvalue weighted by atomic mass is 32.2. The maximum Gasteiger partial charge on any atom is 0.307 e. The molecule has 27 heavy (non-hydrogen) atoms. The molecule has 1 atom stereocenters. The Morgan fingerprint density at radius 2 is 2.04 bits per heavy atom. The summed E-state index contributed by atoms with van der Waals surface area (Å²) in [4.78, 5) is 36.7. The molecule has 0 radical (unpaired) electrons. The van der Waals surface area contributed by atoms with E-state index in [1.165, 1.54) is 23.9 Å². The summed E-state index contributed by atoms with van der Waals surface area (Å²) in [5.74, 6) is -2.19. The minimum absolute atomic E-state index is 0.0143. The molecular weight excluding hydrogens is 371 g/mol. The van der Waals surface area contributed by atoms with Gasteiger partial charge in [0.25, 0.3) is 5.91 Å². The van der Waals surface area contributed by atoms with E-state index >= 15 is 0 Å². The van der Waals surface area contributed by atoms with Gasteiger partial charge in [-0.2, -0.15) is 0 Å². The third-order valence-corrected chi connectivity index (χ3v) is 5.10. The van der Waals surface area contributed by atoms with Crippen LogP contribution in [0.25, 0.3) is 0 Å². The summed E-state index contributed by atoms with van der Waals surface area (Å²) in [6.07, 6.45) is -0.170. The second-order valence-electron chi connectivity index (χ2n) is 5.99. The number of rotatable bonds is 5. The van der Waals surface area contributed by atoms with Gasteiger partial charge in [0.05, 0.1) is 23.0 Å². The zero-order valence-electron chi connectivity index (χ0n) is 14.5. The number of thioether (sulfide) groups is 1. The number of carbonyl (C=O) groups is 3. The first-order valence-corrected chi connectivity index (χ1v) is 9.08. The minimum atomic E-state index is -0.679. The Balaban J connectivity index is 1.49. The standard InChI is InChI=1S/C19H17FN2O4S/c1-11-6-7-13(12(20)8-11)21-17(23)10-26-18(24)9-16-19(25)22-14-4-2-3-5-15(14)27-16/h2-8,16H,9-10H2,1H3,(H,21,23)(H,22,25)/t16-/m1/s1. The number of esters is 1. The highest BCUT2D eigenvalue weighted by molar-refractivity contribution is 8.01. The Labute approximate surface area is 159 Å². The smallest absolute Gasteiger partial charge is 0.307 e. The summed E-state index contributed by atoms with van der Waals surface area (Å²) in [7, 11) is 0. The SMILES string of the molecule is Cc1ccc(NC(=O)COC(=O)C[C@H]2Sc3ccccc3NC2=O)c(F)c1. The van der Waals surface area contributed by atoms with Crippen molar-refractivity contribution in [3.05, 3.63) is 53.8 Å². The van der Waals surface area contributed by atoms with E-state index < -0.39 is 29.6 Å². The maximum absolute atomic E-state index is 13.7. The lowest BCUT2D eigenvalue weighted by atomic mass is 10.2. The Hall–Kier alpha value is -2.87. The fourth-order valence-corrected chi connectivity index (χ4v) is 3.59. The van der Waals surface area contributed by atoms with Crippen molar-refractivity contribution in [2.75, 3.05) is 17.2 Å². The summed E-state index contributed by atoms with van der Waals surface area (Å²) >= 11 is 1.27. The molecule has 0 saturated heterocycles. The normalized spacial score (nSPS) is 15.5. The molecule has 2 aromatic rings. The van der Waals surface area contributed by atoms with Crippen LogP contribution in [0.4, 0.5) is 15.8 Å². The monoisotopic (exact) mass is 388 g/mol. The predicted molar refractivity (Wildman–Crippen MR) is 100 cm³/mol. The van der Waals surface area contributed by atoms with Gasteiger partial charge in [0, 0.05) is 4.90 Å². The summed E-state index contributed by atoms with van der Waals surface area (Å²) in [5, 5.41) is 4.44. The molecule has 8 heteroatoms. The molecule has 2 amide bonds. The van der Waals surface area contributed by atoms with Crippen LogP contribution in [-0.4, -0.2) is 29.6 Å². The Morgan fingerprint density at radius 1 is 1.26 bits per heavy atom. The molecule has 2 aromatic carbocycles. The van der Waals surface area contributed by atoms with Crippen molar-refractivity contribution >= 4 is 40.9 Å². The maximum atomic E-state index is 13.7. The van der Waals surface area contributed by atoms with Crippen LogP contribution in [-0.2, 0) is 19.1 Å². The van der Waals surface area contributed by atoms with Gasteiger partial charge in [0.1, 0.15) is 5.82 Å². The molecular formula is C19H17FN2O4S. The average Bonchev–Trinajstić information content (AvgIpc) is 2.63. The number of anilines is 2. The van der Waals surface area contributed by atoms with Gasteiger partial charge in [-0.25, -0.2) is 4.39 Å². The first-order valence-electron chi connectivity index (χ1n) is 8.20. The lowest BCUT2D eigenvalue weighted by molar-refractivity contribution is -0.147. The number of benzene rings is 2. The van der Waals surface area contributed by atoms with Crippen molar-refractivity contribution in [2.45, 2.75) is 23.5 Å². The molecule has 0 fully saturated rings. The first kappa shape index (κ1) is 18.9. The van der Waals surface area contributed by atoms with Gasteiger partial charge in [-0.15, -0.1) is 11.8 Å². The van der Waals surface area contributed by atoms with E-state index in [1.54, 1.807) is 19.1 Å². The lowest BCUT2D eigenvalue weighted by Crippen LogP contribution is -2.32. The fourth-order valence-electron chi connectivity index (χ4n) is 2.49. The molecule has 0 aliphatic carbocycles. The molecule has 2 N–H and O–H groups in total. The van der Waals surface area contributed by atoms with Gasteiger partial charge in [-0.05, 0) is 36.8 Å². The molecule has 1 aliphatic rings. The van der Waals surface area contributed by atoms with Crippen molar-refractivity contribution in [1.82, 2.24) is 0 Å². The van der Waals surface area contributed by atoms with Crippen molar-refractivity contribution in [3.8, 4) is 0 Å². The third kappa shape index (κ3) is 4.85. The van der Waals surface area contributed by atoms with E-state index in [2.05, 4.69) is 10.6 Å². The summed E-state index contributed by atoms with van der Waals surface area (Å²) < 4.78 is 18.6. The number of para-hydroxylation sites is 1. The second-order valence-corrected chi connectivity index (χ2v) is 7.23. The topological polar surface area (TPSA) is 84.5 Å². The van der Waals surface area contributed by atoms with Crippen LogP contribution in [0.2, 0.25) is 0 Å². The zero-order chi connectivity index (χ0) is 19.4. The molecule has 3 rings (SSSR count). The minimum Gasteiger partial charge on any atom is -0.456 e. The van der Waals surface area contributed by atoms with Crippen molar-refractivity contribution in [2.24, 2.45) is 0 Å². The number of hydrogen-bond donors (Lipinski definition) is 2. The number of hydrogen-bond acceptors (Lipinski definition) is 5. The van der Waals surface area contributed by atoms with Gasteiger partial charge < -0.3 is 15.4 Å². The molecule has 1 heterocycles. The number of halogens is 1. The zero-order valence-corrected chi connectivity index (χ0v) is 15.3.